The molecule has 0 fully saturated rings. The quantitative estimate of drug-likeness (QED) is 0.114. The summed E-state index contributed by atoms with van der Waals surface area (Å²) in [7, 11) is 3.26. The first-order valence-corrected chi connectivity index (χ1v) is 16.6. The molecule has 2 atom stereocenters. The molecule has 12 nitrogen and oxygen atoms in total. The topological polar surface area (TPSA) is 155 Å². The van der Waals surface area contributed by atoms with Crippen molar-refractivity contribution >= 4 is 55.6 Å². The Kier molecular flexibility index (Phi) is 11.8. The maximum atomic E-state index is 15.1. The number of carboxylic acid groups (broad SMARTS) is 1. The molecule has 5 aromatic rings. The third kappa shape index (κ3) is 8.79. The van der Waals surface area contributed by atoms with E-state index in [1.165, 1.54) is 47.3 Å². The number of nitrogens with one attached hydrogen (secondary N) is 2. The molecule has 0 aliphatic heterocycles. The van der Waals surface area contributed by atoms with Crippen LogP contribution in [0.5, 0.6) is 5.75 Å². The first-order chi connectivity index (χ1) is 23.3. The van der Waals surface area contributed by atoms with Crippen LogP contribution >= 0.6 is 22.7 Å². The minimum atomic E-state index is -1.14. The second kappa shape index (κ2) is 16.4. The lowest BCUT2D eigenvalue weighted by Gasteiger charge is -2.34. The number of aryl methyl sites for hydroxylation is 1. The lowest BCUT2D eigenvalue weighted by atomic mass is 10.1. The van der Waals surface area contributed by atoms with Crippen molar-refractivity contribution in [2.75, 3.05) is 50.7 Å². The number of benzene rings is 2. The predicted octanol–water partition coefficient (Wildman–Crippen LogP) is 4.51. The van der Waals surface area contributed by atoms with Crippen LogP contribution in [0.1, 0.15) is 26.6 Å². The van der Waals surface area contributed by atoms with Crippen molar-refractivity contribution < 1.29 is 28.9 Å². The number of methoxy groups -OCH3 is 1. The second-order valence-electron chi connectivity index (χ2n) is 10.6. The van der Waals surface area contributed by atoms with Crippen molar-refractivity contribution in [3.8, 4) is 17.6 Å². The Morgan fingerprint density at radius 2 is 2.00 bits per heavy atom. The molecule has 4 N–H and O–H groups in total. The zero-order valence-corrected chi connectivity index (χ0v) is 28.1. The Hall–Kier alpha value is -4.72. The number of hydrogen-bond donors (Lipinski definition) is 4. The number of hydrogen-bond acceptors (Lipinski definition) is 13. The summed E-state index contributed by atoms with van der Waals surface area (Å²) >= 11 is 2.69. The van der Waals surface area contributed by atoms with Gasteiger partial charge in [0.25, 0.3) is 0 Å². The number of aromatic nitrogens is 4. The summed E-state index contributed by atoms with van der Waals surface area (Å²) in [5, 5.41) is 37.3. The lowest BCUT2D eigenvalue weighted by molar-refractivity contribution is 0.0515. The SMILES string of the molecule is CNCC#Cc1ccc(OCC(Cc2nc(C(=O)O)cs2)N(CC(CO)OC)c2cc(C)c(Nc3nc4ccccc4s3)nn2)c(F)c1. The zero-order valence-electron chi connectivity index (χ0n) is 26.4. The third-order valence-electron chi connectivity index (χ3n) is 7.21. The Morgan fingerprint density at radius 3 is 2.69 bits per heavy atom. The number of anilines is 3. The summed E-state index contributed by atoms with van der Waals surface area (Å²) in [4.78, 5) is 22.3. The minimum absolute atomic E-state index is 0.0209. The van der Waals surface area contributed by atoms with E-state index in [0.29, 0.717) is 33.9 Å². The molecule has 3 aromatic heterocycles. The standard InChI is InChI=1S/C33H34FN7O5S2/c1-20-13-29(39-40-31(20)38-33-37-25-8-4-5-9-28(25)48-33)41(16-23(17-42)45-3)22(15-30-36-26(19-47-30)32(43)44)18-46-27-11-10-21(14-24(27)34)7-6-12-35-2/h4-5,8-11,13-14,19,22-23,35,42H,12,15-18H2,1-3H3,(H,43,44)(H,37,38,40). The highest BCUT2D eigenvalue weighted by Gasteiger charge is 2.28. The Balaban J connectivity index is 1.45. The zero-order chi connectivity index (χ0) is 34.0. The van der Waals surface area contributed by atoms with Crippen LogP contribution in [0.15, 0.2) is 53.9 Å². The van der Waals surface area contributed by atoms with Crippen LogP contribution in [0.4, 0.5) is 21.2 Å². The van der Waals surface area contributed by atoms with E-state index in [-0.39, 0.29) is 37.6 Å². The fourth-order valence-electron chi connectivity index (χ4n) is 4.70. The number of thiazole rings is 2. The van der Waals surface area contributed by atoms with Gasteiger partial charge in [0, 0.05) is 31.0 Å². The molecule has 0 bridgehead atoms. The van der Waals surface area contributed by atoms with Gasteiger partial charge in [-0.3, -0.25) is 0 Å². The number of rotatable bonds is 15. The van der Waals surface area contributed by atoms with E-state index in [0.717, 1.165) is 15.8 Å². The van der Waals surface area contributed by atoms with E-state index in [4.69, 9.17) is 9.47 Å². The largest absolute Gasteiger partial charge is 0.488 e. The number of aromatic carboxylic acids is 1. The van der Waals surface area contributed by atoms with Gasteiger partial charge < -0.3 is 35.2 Å². The molecule has 3 heterocycles. The lowest BCUT2D eigenvalue weighted by Crippen LogP contribution is -2.47. The molecule has 0 spiro atoms. The van der Waals surface area contributed by atoms with Gasteiger partial charge in [0.2, 0.25) is 0 Å². The molecule has 2 aromatic carbocycles. The van der Waals surface area contributed by atoms with Crippen LogP contribution in [0, 0.1) is 24.6 Å². The molecular formula is C33H34FN7O5S2. The molecule has 250 valence electrons. The van der Waals surface area contributed by atoms with E-state index in [1.54, 1.807) is 13.1 Å². The first kappa shape index (κ1) is 34.6. The number of nitrogens with zero attached hydrogens (tertiary/aromatic N) is 5. The normalized spacial score (nSPS) is 12.3. The van der Waals surface area contributed by atoms with Crippen LogP contribution in [-0.2, 0) is 11.2 Å². The summed E-state index contributed by atoms with van der Waals surface area (Å²) in [5.41, 5.74) is 2.07. The third-order valence-corrected chi connectivity index (χ3v) is 9.03. The molecule has 0 amide bonds. The molecule has 5 rings (SSSR count). The van der Waals surface area contributed by atoms with Gasteiger partial charge in [-0.1, -0.05) is 35.3 Å². The van der Waals surface area contributed by atoms with Crippen LogP contribution in [0.2, 0.25) is 0 Å². The van der Waals surface area contributed by atoms with Crippen LogP contribution < -0.4 is 20.3 Å². The van der Waals surface area contributed by atoms with Crippen LogP contribution in [-0.4, -0.2) is 89.0 Å². The highest BCUT2D eigenvalue weighted by atomic mass is 32.1. The van der Waals surface area contributed by atoms with E-state index < -0.39 is 23.9 Å². The Bertz CT molecular complexity index is 1890. The van der Waals surface area contributed by atoms with Crippen LogP contribution in [0.25, 0.3) is 10.2 Å². The van der Waals surface area contributed by atoms with E-state index in [2.05, 4.69) is 42.6 Å². The molecule has 0 aliphatic carbocycles. The van der Waals surface area contributed by atoms with Gasteiger partial charge in [-0.25, -0.2) is 19.2 Å². The van der Waals surface area contributed by atoms with Gasteiger partial charge in [-0.15, -0.1) is 21.5 Å². The van der Waals surface area contributed by atoms with E-state index in [9.17, 15) is 15.0 Å². The van der Waals surface area contributed by atoms with Gasteiger partial charge in [0.15, 0.2) is 34.0 Å². The number of carbonyl (C=O) groups is 1. The predicted molar refractivity (Wildman–Crippen MR) is 184 cm³/mol. The van der Waals surface area contributed by atoms with Gasteiger partial charge in [-0.2, -0.15) is 0 Å². The average Bonchev–Trinajstić information content (AvgIpc) is 3.73. The highest BCUT2D eigenvalue weighted by molar-refractivity contribution is 7.22. The Morgan fingerprint density at radius 1 is 1.17 bits per heavy atom. The van der Waals surface area contributed by atoms with Gasteiger partial charge >= 0.3 is 5.97 Å². The van der Waals surface area contributed by atoms with Gasteiger partial charge in [-0.05, 0) is 55.9 Å². The fraction of sp³-hybridized carbons (Fsp3) is 0.303. The molecule has 2 unspecified atom stereocenters. The minimum Gasteiger partial charge on any atom is -0.488 e. The fourth-order valence-corrected chi connectivity index (χ4v) is 6.40. The summed E-state index contributed by atoms with van der Waals surface area (Å²) in [6.45, 7) is 2.19. The summed E-state index contributed by atoms with van der Waals surface area (Å²) in [5.74, 6) is 5.06. The molecule has 0 radical (unpaired) electrons. The van der Waals surface area contributed by atoms with E-state index >= 15 is 4.39 Å². The number of para-hydroxylation sites is 1. The highest BCUT2D eigenvalue weighted by Crippen LogP contribution is 2.30. The molecule has 15 heteroatoms. The van der Waals surface area contributed by atoms with Gasteiger partial charge in [0.05, 0.1) is 40.5 Å². The summed E-state index contributed by atoms with van der Waals surface area (Å²) in [6, 6.07) is 13.6. The molecule has 0 saturated carbocycles. The maximum Gasteiger partial charge on any atom is 0.355 e. The van der Waals surface area contributed by atoms with Crippen LogP contribution in [0.3, 0.4) is 0 Å². The molecule has 0 aliphatic rings. The monoisotopic (exact) mass is 691 g/mol. The van der Waals surface area contributed by atoms with Crippen molar-refractivity contribution in [1.82, 2.24) is 25.5 Å². The Labute approximate surface area is 284 Å². The number of carboxylic acids is 1. The van der Waals surface area contributed by atoms with Crippen molar-refractivity contribution in [3.63, 3.8) is 0 Å². The maximum absolute atomic E-state index is 15.1. The van der Waals surface area contributed by atoms with Crippen molar-refractivity contribution in [1.29, 1.82) is 0 Å². The molecule has 48 heavy (non-hydrogen) atoms. The number of aliphatic hydroxyl groups is 1. The van der Waals surface area contributed by atoms with Crippen molar-refractivity contribution in [2.45, 2.75) is 25.5 Å². The summed E-state index contributed by atoms with van der Waals surface area (Å²) in [6.07, 6.45) is -0.394. The smallest absolute Gasteiger partial charge is 0.355 e. The number of ether oxygens (including phenoxy) is 2. The van der Waals surface area contributed by atoms with Crippen molar-refractivity contribution in [2.24, 2.45) is 0 Å². The number of halogens is 1. The first-order valence-electron chi connectivity index (χ1n) is 14.9. The average molecular weight is 692 g/mol. The second-order valence-corrected chi connectivity index (χ2v) is 12.6. The number of fused-ring (bicyclic) bond motifs is 1. The molecular weight excluding hydrogens is 658 g/mol. The number of aliphatic hydroxyl groups excluding tert-OH is 1. The van der Waals surface area contributed by atoms with Gasteiger partial charge in [0.1, 0.15) is 6.61 Å². The molecule has 0 saturated heterocycles. The van der Waals surface area contributed by atoms with E-state index in [1.807, 2.05) is 42.2 Å². The summed E-state index contributed by atoms with van der Waals surface area (Å²) < 4.78 is 27.7. The van der Waals surface area contributed by atoms with Crippen molar-refractivity contribution in [3.05, 3.63) is 81.6 Å².